The molecule has 5 heteroatoms. The molecule has 0 radical (unpaired) electrons. The molecular weight excluding hydrogens is 260 g/mol. The van der Waals surface area contributed by atoms with E-state index in [1.807, 2.05) is 11.8 Å². The molecular formula is C14H22N2O2S. The average Bonchev–Trinajstić information content (AvgIpc) is 2.42. The lowest BCUT2D eigenvalue weighted by Crippen LogP contribution is -2.18. The van der Waals surface area contributed by atoms with Crippen LogP contribution in [0, 0.1) is 0 Å². The van der Waals surface area contributed by atoms with Gasteiger partial charge in [0.25, 0.3) is 0 Å². The Bertz CT molecular complexity index is 385. The van der Waals surface area contributed by atoms with Crippen LogP contribution in [0.1, 0.15) is 41.7 Å². The van der Waals surface area contributed by atoms with Gasteiger partial charge in [0.15, 0.2) is 0 Å². The third kappa shape index (κ3) is 6.59. The summed E-state index contributed by atoms with van der Waals surface area (Å²) in [6.07, 6.45) is 8.67. The minimum absolute atomic E-state index is 0.287. The van der Waals surface area contributed by atoms with Crippen molar-refractivity contribution in [1.29, 1.82) is 0 Å². The second kappa shape index (κ2) is 9.81. The summed E-state index contributed by atoms with van der Waals surface area (Å²) in [6.45, 7) is 1.43. The summed E-state index contributed by atoms with van der Waals surface area (Å²) in [5, 5.41) is 12.3. The van der Waals surface area contributed by atoms with Crippen LogP contribution in [0.3, 0.4) is 0 Å². The molecule has 0 fully saturated rings. The normalized spacial score (nSPS) is 10.6. The van der Waals surface area contributed by atoms with Crippen molar-refractivity contribution in [2.45, 2.75) is 32.2 Å². The first-order valence-electron chi connectivity index (χ1n) is 6.62. The fourth-order valence-electron chi connectivity index (χ4n) is 1.83. The molecule has 1 heterocycles. The molecule has 1 aromatic rings. The second-order valence-corrected chi connectivity index (χ2v) is 5.37. The Morgan fingerprint density at radius 3 is 2.89 bits per heavy atom. The average molecular weight is 282 g/mol. The maximum absolute atomic E-state index is 11.0. The molecule has 106 valence electrons. The highest BCUT2D eigenvalue weighted by molar-refractivity contribution is 7.98. The number of aromatic nitrogens is 1. The van der Waals surface area contributed by atoms with E-state index in [2.05, 4.69) is 16.6 Å². The van der Waals surface area contributed by atoms with Crippen LogP contribution in [-0.2, 0) is 6.54 Å². The van der Waals surface area contributed by atoms with Crippen molar-refractivity contribution < 1.29 is 9.90 Å². The smallest absolute Gasteiger partial charge is 0.337 e. The van der Waals surface area contributed by atoms with Crippen LogP contribution in [0.25, 0.3) is 0 Å². The summed E-state index contributed by atoms with van der Waals surface area (Å²) in [5.41, 5.74) is 0.896. The van der Waals surface area contributed by atoms with E-state index in [4.69, 9.17) is 5.11 Å². The molecule has 0 bridgehead atoms. The molecule has 19 heavy (non-hydrogen) atoms. The third-order valence-electron chi connectivity index (χ3n) is 2.87. The minimum atomic E-state index is -0.915. The fraction of sp³-hybridized carbons (Fsp3) is 0.571. The summed E-state index contributed by atoms with van der Waals surface area (Å²) in [7, 11) is 0. The van der Waals surface area contributed by atoms with Gasteiger partial charge in [0, 0.05) is 12.7 Å². The maximum atomic E-state index is 11.0. The summed E-state index contributed by atoms with van der Waals surface area (Å²) in [5.74, 6) is 0.325. The Morgan fingerprint density at radius 2 is 2.16 bits per heavy atom. The lowest BCUT2D eigenvalue weighted by atomic mass is 10.2. The third-order valence-corrected chi connectivity index (χ3v) is 3.56. The highest BCUT2D eigenvalue weighted by atomic mass is 32.2. The number of hydrogen-bond acceptors (Lipinski definition) is 4. The van der Waals surface area contributed by atoms with E-state index < -0.39 is 5.97 Å². The van der Waals surface area contributed by atoms with Crippen molar-refractivity contribution in [1.82, 2.24) is 10.3 Å². The molecule has 0 aliphatic rings. The van der Waals surface area contributed by atoms with Gasteiger partial charge in [0.1, 0.15) is 0 Å². The zero-order valence-electron chi connectivity index (χ0n) is 11.4. The van der Waals surface area contributed by atoms with E-state index in [-0.39, 0.29) is 5.56 Å². The first kappa shape index (κ1) is 16.0. The molecule has 1 aromatic heterocycles. The minimum Gasteiger partial charge on any atom is -0.478 e. The number of aromatic carboxylic acids is 1. The molecule has 0 amide bonds. The van der Waals surface area contributed by atoms with Gasteiger partial charge in [0.05, 0.1) is 11.3 Å². The molecule has 2 N–H and O–H groups in total. The molecule has 1 rings (SSSR count). The zero-order chi connectivity index (χ0) is 13.9. The van der Waals surface area contributed by atoms with E-state index in [0.29, 0.717) is 12.2 Å². The first-order valence-corrected chi connectivity index (χ1v) is 8.02. The Hall–Kier alpha value is -1.07. The van der Waals surface area contributed by atoms with Gasteiger partial charge in [-0.1, -0.05) is 12.8 Å². The number of rotatable bonds is 10. The second-order valence-electron chi connectivity index (χ2n) is 4.39. The fourth-order valence-corrected chi connectivity index (χ4v) is 2.32. The van der Waals surface area contributed by atoms with Gasteiger partial charge in [-0.05, 0) is 43.5 Å². The molecule has 0 spiro atoms. The van der Waals surface area contributed by atoms with Crippen LogP contribution >= 0.6 is 11.8 Å². The monoisotopic (exact) mass is 282 g/mol. The van der Waals surface area contributed by atoms with Crippen molar-refractivity contribution in [3.63, 3.8) is 0 Å². The molecule has 0 saturated heterocycles. The van der Waals surface area contributed by atoms with Crippen molar-refractivity contribution in [3.05, 3.63) is 29.6 Å². The molecule has 0 atom stereocenters. The van der Waals surface area contributed by atoms with E-state index in [9.17, 15) is 4.79 Å². The van der Waals surface area contributed by atoms with Crippen LogP contribution in [0.2, 0.25) is 0 Å². The van der Waals surface area contributed by atoms with Crippen molar-refractivity contribution in [2.24, 2.45) is 0 Å². The Labute approximate surface area is 119 Å². The number of hydrogen-bond donors (Lipinski definition) is 2. The zero-order valence-corrected chi connectivity index (χ0v) is 12.2. The quantitative estimate of drug-likeness (QED) is 0.646. The van der Waals surface area contributed by atoms with E-state index in [1.54, 1.807) is 18.3 Å². The number of unbranched alkanes of at least 4 members (excludes halogenated alkanes) is 3. The van der Waals surface area contributed by atoms with E-state index >= 15 is 0 Å². The maximum Gasteiger partial charge on any atom is 0.337 e. The lowest BCUT2D eigenvalue weighted by molar-refractivity contribution is 0.0695. The predicted octanol–water partition coefficient (Wildman–Crippen LogP) is 2.79. The number of carboxylic acids is 1. The van der Waals surface area contributed by atoms with Crippen molar-refractivity contribution >= 4 is 17.7 Å². The van der Waals surface area contributed by atoms with Gasteiger partial charge < -0.3 is 10.4 Å². The van der Waals surface area contributed by atoms with Crippen LogP contribution in [0.4, 0.5) is 0 Å². The van der Waals surface area contributed by atoms with Crippen LogP contribution < -0.4 is 5.32 Å². The van der Waals surface area contributed by atoms with E-state index in [0.717, 1.165) is 13.0 Å². The predicted molar refractivity (Wildman–Crippen MR) is 79.8 cm³/mol. The number of carboxylic acid groups (broad SMARTS) is 1. The van der Waals surface area contributed by atoms with Crippen LogP contribution in [-0.4, -0.2) is 34.6 Å². The molecule has 0 aliphatic heterocycles. The highest BCUT2D eigenvalue weighted by Gasteiger charge is 2.09. The van der Waals surface area contributed by atoms with Crippen LogP contribution in [0.5, 0.6) is 0 Å². The number of pyridine rings is 1. The highest BCUT2D eigenvalue weighted by Crippen LogP contribution is 2.06. The summed E-state index contributed by atoms with van der Waals surface area (Å²) in [6, 6.07) is 3.24. The summed E-state index contributed by atoms with van der Waals surface area (Å²) < 4.78 is 0. The Morgan fingerprint density at radius 1 is 1.37 bits per heavy atom. The lowest BCUT2D eigenvalue weighted by Gasteiger charge is -2.06. The SMILES string of the molecule is CSCCCCCCNCc1ncccc1C(=O)O. The molecule has 0 aliphatic carbocycles. The van der Waals surface area contributed by atoms with Gasteiger partial charge in [-0.2, -0.15) is 11.8 Å². The Balaban J connectivity index is 2.17. The van der Waals surface area contributed by atoms with E-state index in [1.165, 1.54) is 25.0 Å². The number of thioether (sulfide) groups is 1. The van der Waals surface area contributed by atoms with Crippen LogP contribution in [0.15, 0.2) is 18.3 Å². The number of nitrogens with one attached hydrogen (secondary N) is 1. The summed E-state index contributed by atoms with van der Waals surface area (Å²) >= 11 is 1.89. The van der Waals surface area contributed by atoms with Gasteiger partial charge in [0.2, 0.25) is 0 Å². The molecule has 0 aromatic carbocycles. The summed E-state index contributed by atoms with van der Waals surface area (Å²) in [4.78, 5) is 15.1. The number of carbonyl (C=O) groups is 1. The van der Waals surface area contributed by atoms with Gasteiger partial charge >= 0.3 is 5.97 Å². The Kier molecular flexibility index (Phi) is 8.25. The van der Waals surface area contributed by atoms with Crippen molar-refractivity contribution in [3.8, 4) is 0 Å². The van der Waals surface area contributed by atoms with Crippen molar-refractivity contribution in [2.75, 3.05) is 18.6 Å². The van der Waals surface area contributed by atoms with Gasteiger partial charge in [-0.15, -0.1) is 0 Å². The first-order chi connectivity index (χ1) is 9.25. The molecule has 0 unspecified atom stereocenters. The topological polar surface area (TPSA) is 62.2 Å². The number of nitrogens with zero attached hydrogens (tertiary/aromatic N) is 1. The largest absolute Gasteiger partial charge is 0.478 e. The molecule has 4 nitrogen and oxygen atoms in total. The molecule has 0 saturated carbocycles. The standard InChI is InChI=1S/C14H22N2O2S/c1-19-10-5-3-2-4-8-15-11-13-12(14(17)18)7-6-9-16-13/h6-7,9,15H,2-5,8,10-11H2,1H3,(H,17,18). The van der Waals surface area contributed by atoms with Gasteiger partial charge in [-0.3, -0.25) is 4.98 Å². The van der Waals surface area contributed by atoms with Gasteiger partial charge in [-0.25, -0.2) is 4.79 Å².